The molecular weight excluding hydrogens is 256 g/mol. The van der Waals surface area contributed by atoms with Crippen LogP contribution in [0.5, 0.6) is 0 Å². The van der Waals surface area contributed by atoms with Crippen LogP contribution in [-0.4, -0.2) is 49.4 Å². The van der Waals surface area contributed by atoms with E-state index in [9.17, 15) is 19.8 Å². The first-order valence-electron chi connectivity index (χ1n) is 5.60. The number of aliphatic hydroxyl groups is 3. The normalized spacial score (nSPS) is 30.5. The van der Waals surface area contributed by atoms with Gasteiger partial charge < -0.3 is 20.1 Å². The first-order chi connectivity index (χ1) is 9.01. The van der Waals surface area contributed by atoms with Gasteiger partial charge in [-0.25, -0.2) is 9.36 Å². The van der Waals surface area contributed by atoms with Crippen LogP contribution in [0.2, 0.25) is 0 Å². The van der Waals surface area contributed by atoms with Crippen LogP contribution in [0.3, 0.4) is 0 Å². The first-order valence-corrected chi connectivity index (χ1v) is 5.60. The van der Waals surface area contributed by atoms with Crippen molar-refractivity contribution in [1.82, 2.24) is 9.13 Å². The van der Waals surface area contributed by atoms with Gasteiger partial charge in [-0.05, 0) is 0 Å². The van der Waals surface area contributed by atoms with Crippen LogP contribution in [0.25, 0.3) is 6.20 Å². The fourth-order valence-corrected chi connectivity index (χ4v) is 1.98. The Labute approximate surface area is 107 Å². The van der Waals surface area contributed by atoms with E-state index in [0.29, 0.717) is 0 Å². The monoisotopic (exact) mass is 270 g/mol. The van der Waals surface area contributed by atoms with Gasteiger partial charge in [0.2, 0.25) is 0 Å². The number of aliphatic hydroxyl groups excluding tert-OH is 3. The lowest BCUT2D eigenvalue weighted by molar-refractivity contribution is -0.0552. The molecule has 0 aliphatic carbocycles. The highest BCUT2D eigenvalue weighted by atomic mass is 16.6. The summed E-state index contributed by atoms with van der Waals surface area (Å²) in [7, 11) is 0. The average Bonchev–Trinajstić information content (AvgIpc) is 2.67. The van der Waals surface area contributed by atoms with Crippen LogP contribution in [0.4, 0.5) is 0 Å². The van der Waals surface area contributed by atoms with Crippen LogP contribution in [0.1, 0.15) is 6.23 Å². The van der Waals surface area contributed by atoms with Crippen LogP contribution in [-0.2, 0) is 4.74 Å². The van der Waals surface area contributed by atoms with Gasteiger partial charge in [0, 0.05) is 18.5 Å². The van der Waals surface area contributed by atoms with Gasteiger partial charge >= 0.3 is 5.69 Å². The zero-order valence-electron chi connectivity index (χ0n) is 9.92. The minimum absolute atomic E-state index is 0.495. The second-order valence-electron chi connectivity index (χ2n) is 4.13. The first kappa shape index (κ1) is 13.7. The molecule has 1 aliphatic heterocycles. The second-order valence-corrected chi connectivity index (χ2v) is 4.13. The molecule has 0 spiro atoms. The van der Waals surface area contributed by atoms with E-state index < -0.39 is 42.4 Å². The predicted octanol–water partition coefficient (Wildman–Crippen LogP) is -2.28. The molecule has 1 fully saturated rings. The molecule has 0 amide bonds. The molecule has 0 bridgehead atoms. The molecule has 1 aromatic rings. The van der Waals surface area contributed by atoms with E-state index in [1.807, 2.05) is 0 Å². The maximum absolute atomic E-state index is 12.0. The quantitative estimate of drug-likeness (QED) is 0.570. The van der Waals surface area contributed by atoms with Gasteiger partial charge in [0.15, 0.2) is 6.23 Å². The fraction of sp³-hybridized carbons (Fsp3) is 0.455. The summed E-state index contributed by atoms with van der Waals surface area (Å²) in [5, 5.41) is 28.4. The van der Waals surface area contributed by atoms with Gasteiger partial charge in [-0.1, -0.05) is 6.58 Å². The van der Waals surface area contributed by atoms with Crippen molar-refractivity contribution in [2.24, 2.45) is 0 Å². The largest absolute Gasteiger partial charge is 0.394 e. The molecule has 2 rings (SSSR count). The lowest BCUT2D eigenvalue weighted by Gasteiger charge is -2.17. The molecule has 19 heavy (non-hydrogen) atoms. The highest BCUT2D eigenvalue weighted by Gasteiger charge is 2.43. The zero-order valence-corrected chi connectivity index (χ0v) is 9.92. The minimum atomic E-state index is -1.38. The number of hydrogen-bond donors (Lipinski definition) is 3. The van der Waals surface area contributed by atoms with Gasteiger partial charge in [-0.2, -0.15) is 0 Å². The molecular formula is C11H14N2O6. The summed E-state index contributed by atoms with van der Waals surface area (Å²) in [6.45, 7) is 2.85. The molecule has 0 unspecified atom stereocenters. The van der Waals surface area contributed by atoms with E-state index in [4.69, 9.17) is 9.84 Å². The molecule has 0 radical (unpaired) electrons. The third-order valence-corrected chi connectivity index (χ3v) is 3.02. The van der Waals surface area contributed by atoms with Crippen molar-refractivity contribution in [3.05, 3.63) is 39.7 Å². The number of hydrogen-bond acceptors (Lipinski definition) is 6. The molecule has 2 heterocycles. The standard InChI is InChI=1S/C11H14N2O6/c1-2-12-7(15)3-4-13(11(12)18)10-9(17)8(16)6(5-14)19-10/h2-4,6,8-10,14,16-17H,1,5H2/t6-,8-,9+,10-/m1/s1. The molecule has 1 aromatic heterocycles. The van der Waals surface area contributed by atoms with Gasteiger partial charge in [0.25, 0.3) is 5.56 Å². The van der Waals surface area contributed by atoms with Crippen molar-refractivity contribution >= 4 is 6.20 Å². The zero-order chi connectivity index (χ0) is 14.2. The van der Waals surface area contributed by atoms with Crippen molar-refractivity contribution in [2.45, 2.75) is 24.5 Å². The topological polar surface area (TPSA) is 114 Å². The van der Waals surface area contributed by atoms with Crippen molar-refractivity contribution in [3.63, 3.8) is 0 Å². The molecule has 1 aliphatic rings. The molecule has 3 N–H and O–H groups in total. The molecule has 0 aromatic carbocycles. The maximum atomic E-state index is 12.0. The van der Waals surface area contributed by atoms with E-state index in [1.54, 1.807) is 0 Å². The Morgan fingerprint density at radius 2 is 2.05 bits per heavy atom. The van der Waals surface area contributed by atoms with Crippen LogP contribution < -0.4 is 11.2 Å². The fourth-order valence-electron chi connectivity index (χ4n) is 1.98. The summed E-state index contributed by atoms with van der Waals surface area (Å²) in [6, 6.07) is 1.11. The highest BCUT2D eigenvalue weighted by molar-refractivity contribution is 5.15. The van der Waals surface area contributed by atoms with E-state index >= 15 is 0 Å². The van der Waals surface area contributed by atoms with Gasteiger partial charge in [-0.15, -0.1) is 0 Å². The number of ether oxygens (including phenoxy) is 1. The van der Waals surface area contributed by atoms with Gasteiger partial charge in [0.1, 0.15) is 18.3 Å². The Hall–Kier alpha value is -1.74. The summed E-state index contributed by atoms with van der Waals surface area (Å²) in [5.74, 6) is 0. The molecule has 8 heteroatoms. The Kier molecular flexibility index (Phi) is 3.67. The number of aromatic nitrogens is 2. The molecule has 1 saturated heterocycles. The summed E-state index contributed by atoms with van der Waals surface area (Å²) in [6.07, 6.45) is -2.66. The van der Waals surface area contributed by atoms with E-state index in [0.717, 1.165) is 27.6 Å². The van der Waals surface area contributed by atoms with E-state index in [-0.39, 0.29) is 0 Å². The van der Waals surface area contributed by atoms with Crippen LogP contribution >= 0.6 is 0 Å². The van der Waals surface area contributed by atoms with E-state index in [1.165, 1.54) is 0 Å². The minimum Gasteiger partial charge on any atom is -0.394 e. The number of nitrogens with zero attached hydrogens (tertiary/aromatic N) is 2. The summed E-state index contributed by atoms with van der Waals surface area (Å²) >= 11 is 0. The third-order valence-electron chi connectivity index (χ3n) is 3.02. The predicted molar refractivity (Wildman–Crippen MR) is 64.4 cm³/mol. The van der Waals surface area contributed by atoms with Crippen molar-refractivity contribution in [1.29, 1.82) is 0 Å². The number of rotatable bonds is 3. The summed E-state index contributed by atoms with van der Waals surface area (Å²) in [4.78, 5) is 23.4. The molecule has 104 valence electrons. The summed E-state index contributed by atoms with van der Waals surface area (Å²) < 4.78 is 6.91. The Morgan fingerprint density at radius 3 is 2.58 bits per heavy atom. The molecule has 8 nitrogen and oxygen atoms in total. The van der Waals surface area contributed by atoms with Gasteiger partial charge in [-0.3, -0.25) is 9.36 Å². The highest BCUT2D eigenvalue weighted by Crippen LogP contribution is 2.27. The molecule has 0 saturated carbocycles. The van der Waals surface area contributed by atoms with Crippen molar-refractivity contribution in [3.8, 4) is 0 Å². The van der Waals surface area contributed by atoms with E-state index in [2.05, 4.69) is 6.58 Å². The Bertz CT molecular complexity index is 592. The van der Waals surface area contributed by atoms with Crippen LogP contribution in [0, 0.1) is 0 Å². The Balaban J connectivity index is 2.47. The third kappa shape index (κ3) is 2.15. The SMILES string of the molecule is C=Cn1c(=O)ccn([C@@H]2O[C@H](CO)[C@@H](O)[C@@H]2O)c1=O. The lowest BCUT2D eigenvalue weighted by Crippen LogP contribution is -2.41. The van der Waals surface area contributed by atoms with Gasteiger partial charge in [0.05, 0.1) is 6.61 Å². The van der Waals surface area contributed by atoms with Crippen LogP contribution in [0.15, 0.2) is 28.4 Å². The van der Waals surface area contributed by atoms with Crippen molar-refractivity contribution in [2.75, 3.05) is 6.61 Å². The maximum Gasteiger partial charge on any atom is 0.337 e. The summed E-state index contributed by atoms with van der Waals surface area (Å²) in [5.41, 5.74) is -1.32. The molecule has 4 atom stereocenters. The smallest absolute Gasteiger partial charge is 0.337 e. The average molecular weight is 270 g/mol. The second kappa shape index (κ2) is 5.10. The Morgan fingerprint density at radius 1 is 1.37 bits per heavy atom. The van der Waals surface area contributed by atoms with Crippen molar-refractivity contribution < 1.29 is 20.1 Å². The lowest BCUT2D eigenvalue weighted by atomic mass is 10.1.